The maximum absolute atomic E-state index is 12.7. The number of hydrogen-bond donors (Lipinski definition) is 0. The number of halogens is 2. The fraction of sp³-hybridized carbons (Fsp3) is 0.579. The van der Waals surface area contributed by atoms with Crippen molar-refractivity contribution in [1.82, 2.24) is 4.90 Å². The van der Waals surface area contributed by atoms with E-state index in [4.69, 9.17) is 4.74 Å². The lowest BCUT2D eigenvalue weighted by atomic mass is 9.73. The van der Waals surface area contributed by atoms with Crippen molar-refractivity contribution >= 4 is 11.9 Å². The van der Waals surface area contributed by atoms with Crippen molar-refractivity contribution in [2.45, 2.75) is 57.7 Å². The Hall–Kier alpha value is -2.18. The quantitative estimate of drug-likeness (QED) is 0.800. The summed E-state index contributed by atoms with van der Waals surface area (Å²) in [6.07, 6.45) is 0.802. The summed E-state index contributed by atoms with van der Waals surface area (Å²) in [4.78, 5) is 26.6. The predicted octanol–water partition coefficient (Wildman–Crippen LogP) is 3.68. The lowest BCUT2D eigenvalue weighted by molar-refractivity contribution is -0.124. The Kier molecular flexibility index (Phi) is 4.67. The molecule has 0 N–H and O–H groups in total. The fourth-order valence-electron chi connectivity index (χ4n) is 3.77. The molecule has 0 aromatic heterocycles. The molecule has 1 aromatic carbocycles. The Morgan fingerprint density at radius 1 is 1.23 bits per heavy atom. The molecule has 1 aliphatic carbocycles. The number of fused-ring (bicyclic) bond motifs is 2. The van der Waals surface area contributed by atoms with Gasteiger partial charge in [0.1, 0.15) is 17.1 Å². The zero-order chi connectivity index (χ0) is 19.1. The molecule has 3 rings (SSSR count). The largest absolute Gasteiger partial charge is 0.444 e. The molecule has 5 nitrogen and oxygen atoms in total. The van der Waals surface area contributed by atoms with Crippen LogP contribution in [0.3, 0.4) is 0 Å². The highest BCUT2D eigenvalue weighted by Crippen LogP contribution is 2.45. The van der Waals surface area contributed by atoms with E-state index in [9.17, 15) is 18.4 Å². The Morgan fingerprint density at radius 3 is 2.46 bits per heavy atom. The highest BCUT2D eigenvalue weighted by Gasteiger charge is 2.48. The van der Waals surface area contributed by atoms with E-state index in [1.54, 1.807) is 37.8 Å². The van der Waals surface area contributed by atoms with E-state index in [2.05, 4.69) is 4.74 Å². The van der Waals surface area contributed by atoms with Gasteiger partial charge in [0.15, 0.2) is 0 Å². The molecule has 0 atom stereocenters. The van der Waals surface area contributed by atoms with E-state index < -0.39 is 23.7 Å². The van der Waals surface area contributed by atoms with Crippen LogP contribution in [0.2, 0.25) is 0 Å². The van der Waals surface area contributed by atoms with Crippen LogP contribution in [0.5, 0.6) is 5.75 Å². The molecular formula is C19H23F2NO4. The number of rotatable bonds is 2. The second kappa shape index (κ2) is 6.52. The number of piperidine rings is 1. The highest BCUT2D eigenvalue weighted by molar-refractivity contribution is 5.97. The van der Waals surface area contributed by atoms with Crippen molar-refractivity contribution in [2.75, 3.05) is 13.1 Å². The summed E-state index contributed by atoms with van der Waals surface area (Å²) in [6, 6.07) is 4.70. The molecule has 2 aliphatic rings. The molecule has 1 aromatic rings. The van der Waals surface area contributed by atoms with Gasteiger partial charge >= 0.3 is 12.7 Å². The molecule has 1 spiro atoms. The predicted molar refractivity (Wildman–Crippen MR) is 90.5 cm³/mol. The number of ketones is 1. The van der Waals surface area contributed by atoms with Gasteiger partial charge in [-0.1, -0.05) is 6.07 Å². The number of amides is 1. The second-order valence-electron chi connectivity index (χ2n) is 7.85. The SMILES string of the molecule is CC(C)(C)OC(=O)N1CCC2(CC1)C(=O)Cc1ccc(OC(F)F)cc12. The Balaban J connectivity index is 1.78. The van der Waals surface area contributed by atoms with Crippen molar-refractivity contribution < 1.29 is 27.8 Å². The van der Waals surface area contributed by atoms with Gasteiger partial charge in [0.25, 0.3) is 0 Å². The fourth-order valence-corrected chi connectivity index (χ4v) is 3.77. The third-order valence-corrected chi connectivity index (χ3v) is 4.98. The summed E-state index contributed by atoms with van der Waals surface area (Å²) in [5.41, 5.74) is 0.297. The van der Waals surface area contributed by atoms with Crippen molar-refractivity contribution in [3.05, 3.63) is 29.3 Å². The average Bonchev–Trinajstić information content (AvgIpc) is 2.78. The van der Waals surface area contributed by atoms with Crippen LogP contribution in [0.25, 0.3) is 0 Å². The van der Waals surface area contributed by atoms with Gasteiger partial charge in [0.05, 0.1) is 5.41 Å². The molecule has 1 heterocycles. The standard InChI is InChI=1S/C19H23F2NO4/c1-18(2,3)26-17(24)22-8-6-19(7-9-22)14-11-13(25-16(20)21)5-4-12(14)10-15(19)23/h4-5,11,16H,6-10H2,1-3H3. The van der Waals surface area contributed by atoms with Crippen molar-refractivity contribution in [1.29, 1.82) is 0 Å². The maximum Gasteiger partial charge on any atom is 0.410 e. The number of ether oxygens (including phenoxy) is 2. The molecule has 1 aliphatic heterocycles. The first-order valence-electron chi connectivity index (χ1n) is 8.70. The molecule has 7 heteroatoms. The van der Waals surface area contributed by atoms with E-state index in [1.807, 2.05) is 0 Å². The second-order valence-corrected chi connectivity index (χ2v) is 7.85. The number of carbonyl (C=O) groups excluding carboxylic acids is 2. The van der Waals surface area contributed by atoms with Gasteiger partial charge in [-0.3, -0.25) is 4.79 Å². The van der Waals surface area contributed by atoms with Gasteiger partial charge in [0.2, 0.25) is 0 Å². The summed E-state index contributed by atoms with van der Waals surface area (Å²) < 4.78 is 34.9. The van der Waals surface area contributed by atoms with Gasteiger partial charge in [-0.15, -0.1) is 0 Å². The zero-order valence-electron chi connectivity index (χ0n) is 15.2. The number of alkyl halides is 2. The minimum Gasteiger partial charge on any atom is -0.444 e. The molecule has 0 unspecified atom stereocenters. The first-order valence-corrected chi connectivity index (χ1v) is 8.70. The molecular weight excluding hydrogens is 344 g/mol. The number of nitrogens with zero attached hydrogens (tertiary/aromatic N) is 1. The van der Waals surface area contributed by atoms with Gasteiger partial charge in [-0.2, -0.15) is 8.78 Å². The molecule has 1 saturated heterocycles. The van der Waals surface area contributed by atoms with Crippen LogP contribution in [-0.2, 0) is 21.4 Å². The topological polar surface area (TPSA) is 55.8 Å². The van der Waals surface area contributed by atoms with Crippen LogP contribution in [0.1, 0.15) is 44.7 Å². The van der Waals surface area contributed by atoms with Gasteiger partial charge < -0.3 is 14.4 Å². The molecule has 0 radical (unpaired) electrons. The summed E-state index contributed by atoms with van der Waals surface area (Å²) >= 11 is 0. The van der Waals surface area contributed by atoms with Crippen LogP contribution in [0.4, 0.5) is 13.6 Å². The first kappa shape index (κ1) is 18.6. The third kappa shape index (κ3) is 3.52. The normalized spacial score (nSPS) is 19.0. The maximum atomic E-state index is 12.7. The van der Waals surface area contributed by atoms with Crippen LogP contribution < -0.4 is 4.74 Å². The lowest BCUT2D eigenvalue weighted by Gasteiger charge is -2.39. The van der Waals surface area contributed by atoms with E-state index in [-0.39, 0.29) is 18.0 Å². The van der Waals surface area contributed by atoms with E-state index in [1.165, 1.54) is 6.07 Å². The minimum atomic E-state index is -2.91. The van der Waals surface area contributed by atoms with Gasteiger partial charge in [0, 0.05) is 19.5 Å². The van der Waals surface area contributed by atoms with Crippen molar-refractivity contribution in [2.24, 2.45) is 0 Å². The highest BCUT2D eigenvalue weighted by atomic mass is 19.3. The number of Topliss-reactive ketones (excluding diaryl/α,β-unsaturated/α-hetero) is 1. The Morgan fingerprint density at radius 2 is 1.88 bits per heavy atom. The number of carbonyl (C=O) groups is 2. The zero-order valence-corrected chi connectivity index (χ0v) is 15.2. The Bertz CT molecular complexity index is 719. The van der Waals surface area contributed by atoms with E-state index in [0.717, 1.165) is 11.1 Å². The molecule has 0 saturated carbocycles. The van der Waals surface area contributed by atoms with Crippen LogP contribution in [0.15, 0.2) is 18.2 Å². The van der Waals surface area contributed by atoms with Gasteiger partial charge in [-0.25, -0.2) is 4.79 Å². The van der Waals surface area contributed by atoms with Gasteiger partial charge in [-0.05, 0) is 56.9 Å². The smallest absolute Gasteiger partial charge is 0.410 e. The number of hydrogen-bond acceptors (Lipinski definition) is 4. The number of benzene rings is 1. The van der Waals surface area contributed by atoms with E-state index in [0.29, 0.717) is 25.9 Å². The summed E-state index contributed by atoms with van der Waals surface area (Å²) in [5, 5.41) is 0. The molecule has 0 bridgehead atoms. The number of likely N-dealkylation sites (tertiary alicyclic amines) is 1. The first-order chi connectivity index (χ1) is 12.1. The summed E-state index contributed by atoms with van der Waals surface area (Å²) in [5.74, 6) is 0.132. The molecule has 1 fully saturated rings. The van der Waals surface area contributed by atoms with Crippen molar-refractivity contribution in [3.63, 3.8) is 0 Å². The van der Waals surface area contributed by atoms with Crippen LogP contribution >= 0.6 is 0 Å². The average molecular weight is 367 g/mol. The molecule has 26 heavy (non-hydrogen) atoms. The van der Waals surface area contributed by atoms with Crippen LogP contribution in [0, 0.1) is 0 Å². The lowest BCUT2D eigenvalue weighted by Crippen LogP contribution is -2.48. The molecule has 1 amide bonds. The summed E-state index contributed by atoms with van der Waals surface area (Å²) in [7, 11) is 0. The Labute approximate surface area is 151 Å². The van der Waals surface area contributed by atoms with E-state index >= 15 is 0 Å². The molecule has 142 valence electrons. The minimum absolute atomic E-state index is 0.0578. The van der Waals surface area contributed by atoms with Crippen molar-refractivity contribution in [3.8, 4) is 5.75 Å². The third-order valence-electron chi connectivity index (χ3n) is 4.98. The van der Waals surface area contributed by atoms with Crippen LogP contribution in [-0.4, -0.2) is 42.1 Å². The summed E-state index contributed by atoms with van der Waals surface area (Å²) in [6.45, 7) is 3.28. The monoisotopic (exact) mass is 367 g/mol.